The lowest BCUT2D eigenvalue weighted by Crippen LogP contribution is -2.57. The van der Waals surface area contributed by atoms with E-state index in [-0.39, 0.29) is 11.6 Å². The van der Waals surface area contributed by atoms with Crippen LogP contribution in [0.25, 0.3) is 10.6 Å². The second-order valence-corrected chi connectivity index (χ2v) is 8.73. The molecule has 0 bridgehead atoms. The number of carbonyl (C=O) groups excluding carboxylic acids is 2. The number of nitrogens with zero attached hydrogens (tertiary/aromatic N) is 1. The van der Waals surface area contributed by atoms with Crippen molar-refractivity contribution < 1.29 is 14.3 Å². The van der Waals surface area contributed by atoms with Crippen LogP contribution in [-0.2, 0) is 14.3 Å². The van der Waals surface area contributed by atoms with Crippen LogP contribution in [0.4, 0.5) is 0 Å². The largest absolute Gasteiger partial charge is 0.354 e. The average molecular weight is 378 g/mol. The van der Waals surface area contributed by atoms with Crippen LogP contribution < -0.4 is 0 Å². The van der Waals surface area contributed by atoms with Crippen LogP contribution >= 0.6 is 22.9 Å². The number of carbonyl (C=O) groups is 2. The van der Waals surface area contributed by atoms with Crippen molar-refractivity contribution in [2.75, 3.05) is 0 Å². The van der Waals surface area contributed by atoms with E-state index in [1.165, 1.54) is 11.3 Å². The Kier molecular flexibility index (Phi) is 4.38. The Morgan fingerprint density at radius 3 is 2.08 bits per heavy atom. The predicted molar refractivity (Wildman–Crippen MR) is 99.3 cm³/mol. The molecule has 0 saturated carbocycles. The van der Waals surface area contributed by atoms with Crippen molar-refractivity contribution in [1.82, 2.24) is 4.98 Å². The molecule has 2 aromatic rings. The second kappa shape index (κ2) is 6.01. The molecule has 1 fully saturated rings. The molecule has 0 aliphatic carbocycles. The van der Waals surface area contributed by atoms with Gasteiger partial charge in [-0.25, -0.2) is 4.98 Å². The lowest BCUT2D eigenvalue weighted by atomic mass is 9.77. The molecule has 0 amide bonds. The van der Waals surface area contributed by atoms with Crippen LogP contribution in [-0.4, -0.2) is 27.8 Å². The van der Waals surface area contributed by atoms with Gasteiger partial charge >= 0.3 is 0 Å². The SMILES string of the molecule is Cc1nc(-c2ccc(Cl)cc2)sc1C1C(=O)C(C)(C)OC(C)(C)C1=O. The fourth-order valence-electron chi connectivity index (χ4n) is 3.18. The molecule has 1 aromatic carbocycles. The maximum absolute atomic E-state index is 12.9. The van der Waals surface area contributed by atoms with E-state index < -0.39 is 17.1 Å². The van der Waals surface area contributed by atoms with E-state index in [0.717, 1.165) is 10.6 Å². The van der Waals surface area contributed by atoms with Crippen molar-refractivity contribution in [3.05, 3.63) is 39.9 Å². The molecule has 0 radical (unpaired) electrons. The number of benzene rings is 1. The third-order valence-corrected chi connectivity index (χ3v) is 5.93. The Morgan fingerprint density at radius 1 is 1.04 bits per heavy atom. The van der Waals surface area contributed by atoms with Crippen LogP contribution in [0.5, 0.6) is 0 Å². The summed E-state index contributed by atoms with van der Waals surface area (Å²) in [6, 6.07) is 7.35. The summed E-state index contributed by atoms with van der Waals surface area (Å²) in [5.74, 6) is -1.27. The molecule has 1 saturated heterocycles. The minimum absolute atomic E-state index is 0.216. The normalized spacial score (nSPS) is 20.1. The fraction of sp³-hybridized carbons (Fsp3) is 0.421. The van der Waals surface area contributed by atoms with Gasteiger partial charge < -0.3 is 4.74 Å². The van der Waals surface area contributed by atoms with E-state index in [2.05, 4.69) is 4.98 Å². The first kappa shape index (κ1) is 18.2. The number of thiazole rings is 1. The lowest BCUT2D eigenvalue weighted by Gasteiger charge is -2.42. The number of rotatable bonds is 2. The monoisotopic (exact) mass is 377 g/mol. The number of halogens is 1. The van der Waals surface area contributed by atoms with E-state index in [0.29, 0.717) is 15.6 Å². The Hall–Kier alpha value is -1.56. The Labute approximate surface area is 156 Å². The third-order valence-electron chi connectivity index (χ3n) is 4.41. The summed E-state index contributed by atoms with van der Waals surface area (Å²) in [4.78, 5) is 31.1. The molecule has 0 spiro atoms. The summed E-state index contributed by atoms with van der Waals surface area (Å²) >= 11 is 7.32. The quantitative estimate of drug-likeness (QED) is 0.719. The van der Waals surface area contributed by atoms with Gasteiger partial charge in [0, 0.05) is 15.5 Å². The van der Waals surface area contributed by atoms with Gasteiger partial charge in [0.25, 0.3) is 0 Å². The van der Waals surface area contributed by atoms with Gasteiger partial charge in [-0.1, -0.05) is 23.7 Å². The van der Waals surface area contributed by atoms with Gasteiger partial charge in [-0.15, -0.1) is 11.3 Å². The Morgan fingerprint density at radius 2 is 1.56 bits per heavy atom. The van der Waals surface area contributed by atoms with E-state index in [1.807, 2.05) is 19.1 Å². The molecule has 0 N–H and O–H groups in total. The van der Waals surface area contributed by atoms with Gasteiger partial charge in [-0.2, -0.15) is 0 Å². The van der Waals surface area contributed by atoms with E-state index in [1.54, 1.807) is 39.8 Å². The number of aromatic nitrogens is 1. The van der Waals surface area contributed by atoms with Crippen molar-refractivity contribution >= 4 is 34.5 Å². The van der Waals surface area contributed by atoms with Gasteiger partial charge in [0.15, 0.2) is 11.6 Å². The van der Waals surface area contributed by atoms with Crippen LogP contribution in [0.1, 0.15) is 44.2 Å². The zero-order valence-electron chi connectivity index (χ0n) is 14.8. The molecule has 132 valence electrons. The maximum atomic E-state index is 12.9. The van der Waals surface area contributed by atoms with Crippen LogP contribution in [0.2, 0.25) is 5.02 Å². The first-order chi connectivity index (χ1) is 11.5. The number of aryl methyl sites for hydroxylation is 1. The summed E-state index contributed by atoms with van der Waals surface area (Å²) in [6.07, 6.45) is 0. The number of ether oxygens (including phenoxy) is 1. The topological polar surface area (TPSA) is 56.3 Å². The molecule has 3 rings (SSSR count). The highest BCUT2D eigenvalue weighted by molar-refractivity contribution is 7.15. The molecule has 1 aliphatic rings. The first-order valence-electron chi connectivity index (χ1n) is 8.05. The number of hydrogen-bond donors (Lipinski definition) is 0. The third kappa shape index (κ3) is 3.16. The number of hydrogen-bond acceptors (Lipinski definition) is 5. The average Bonchev–Trinajstić information content (AvgIpc) is 2.88. The highest BCUT2D eigenvalue weighted by Crippen LogP contribution is 2.42. The number of ketones is 2. The Bertz CT molecular complexity index is 826. The van der Waals surface area contributed by atoms with Crippen LogP contribution in [0, 0.1) is 6.92 Å². The molecule has 0 unspecified atom stereocenters. The molecule has 2 heterocycles. The summed E-state index contributed by atoms with van der Waals surface area (Å²) in [5.41, 5.74) is -0.415. The molecule has 4 nitrogen and oxygen atoms in total. The molecule has 6 heteroatoms. The molecule has 0 atom stereocenters. The first-order valence-corrected chi connectivity index (χ1v) is 9.24. The molecular weight excluding hydrogens is 358 g/mol. The van der Waals surface area contributed by atoms with Crippen molar-refractivity contribution in [3.8, 4) is 10.6 Å². The predicted octanol–water partition coefficient (Wildman–Crippen LogP) is 4.58. The maximum Gasteiger partial charge on any atom is 0.179 e. The van der Waals surface area contributed by atoms with Gasteiger partial charge in [-0.05, 0) is 46.8 Å². The van der Waals surface area contributed by atoms with Crippen LogP contribution in [0.15, 0.2) is 24.3 Å². The van der Waals surface area contributed by atoms with Gasteiger partial charge in [0.1, 0.15) is 22.1 Å². The van der Waals surface area contributed by atoms with Crippen molar-refractivity contribution in [2.45, 2.75) is 51.7 Å². The van der Waals surface area contributed by atoms with Crippen molar-refractivity contribution in [2.24, 2.45) is 0 Å². The summed E-state index contributed by atoms with van der Waals surface area (Å²) in [6.45, 7) is 8.70. The fourth-order valence-corrected chi connectivity index (χ4v) is 4.48. The van der Waals surface area contributed by atoms with Gasteiger partial charge in [0.2, 0.25) is 0 Å². The highest BCUT2D eigenvalue weighted by Gasteiger charge is 2.53. The van der Waals surface area contributed by atoms with Gasteiger partial charge in [-0.3, -0.25) is 9.59 Å². The zero-order chi connectivity index (χ0) is 18.6. The lowest BCUT2D eigenvalue weighted by molar-refractivity contribution is -0.184. The standard InChI is InChI=1S/C19H20ClNO3S/c1-10-14(25-17(21-10)11-6-8-12(20)9-7-11)13-15(22)18(2,3)24-19(4,5)16(13)23/h6-9,13H,1-5H3. The van der Waals surface area contributed by atoms with E-state index in [9.17, 15) is 9.59 Å². The molecular formula is C19H20ClNO3S. The van der Waals surface area contributed by atoms with Gasteiger partial charge in [0.05, 0.1) is 5.69 Å². The molecule has 1 aromatic heterocycles. The number of Topliss-reactive ketones (excluding diaryl/α,β-unsaturated/α-hetero) is 2. The van der Waals surface area contributed by atoms with Crippen LogP contribution in [0.3, 0.4) is 0 Å². The van der Waals surface area contributed by atoms with Crippen molar-refractivity contribution in [1.29, 1.82) is 0 Å². The summed E-state index contributed by atoms with van der Waals surface area (Å²) < 4.78 is 5.75. The zero-order valence-corrected chi connectivity index (χ0v) is 16.4. The Balaban J connectivity index is 2.07. The smallest absolute Gasteiger partial charge is 0.179 e. The minimum Gasteiger partial charge on any atom is -0.354 e. The van der Waals surface area contributed by atoms with E-state index in [4.69, 9.17) is 16.3 Å². The minimum atomic E-state index is -1.01. The molecule has 25 heavy (non-hydrogen) atoms. The summed E-state index contributed by atoms with van der Waals surface area (Å²) in [7, 11) is 0. The highest BCUT2D eigenvalue weighted by atomic mass is 35.5. The van der Waals surface area contributed by atoms with E-state index >= 15 is 0 Å². The summed E-state index contributed by atoms with van der Waals surface area (Å²) in [5, 5.41) is 1.42. The van der Waals surface area contributed by atoms with Crippen molar-refractivity contribution in [3.63, 3.8) is 0 Å². The molecule has 1 aliphatic heterocycles. The second-order valence-electron chi connectivity index (χ2n) is 7.26.